The van der Waals surface area contributed by atoms with Crippen molar-refractivity contribution >= 4 is 11.7 Å². The maximum absolute atomic E-state index is 13.6. The Bertz CT molecular complexity index is 787. The molecule has 2 amide bonds. The largest absolute Gasteiger partial charge is 0.322 e. The number of piperidine rings is 1. The van der Waals surface area contributed by atoms with Crippen molar-refractivity contribution in [2.24, 2.45) is 13.0 Å². The van der Waals surface area contributed by atoms with Crippen LogP contribution >= 0.6 is 0 Å². The van der Waals surface area contributed by atoms with Crippen LogP contribution in [0.15, 0.2) is 24.5 Å². The molecule has 1 aromatic heterocycles. The number of aromatic nitrogens is 3. The van der Waals surface area contributed by atoms with Crippen molar-refractivity contribution in [3.8, 4) is 11.4 Å². The first-order chi connectivity index (χ1) is 11.5. The molecule has 0 radical (unpaired) electrons. The van der Waals surface area contributed by atoms with Gasteiger partial charge in [-0.15, -0.1) is 0 Å². The second-order valence-electron chi connectivity index (χ2n) is 6.76. The van der Waals surface area contributed by atoms with Crippen LogP contribution in [0.1, 0.15) is 18.4 Å². The Hall–Kier alpha value is -2.44. The summed E-state index contributed by atoms with van der Waals surface area (Å²) in [6.45, 7) is 2.50. The van der Waals surface area contributed by atoms with Crippen LogP contribution in [-0.4, -0.2) is 44.5 Å². The van der Waals surface area contributed by atoms with Gasteiger partial charge in [-0.2, -0.15) is 5.10 Å². The summed E-state index contributed by atoms with van der Waals surface area (Å²) >= 11 is 0. The summed E-state index contributed by atoms with van der Waals surface area (Å²) in [5.41, 5.74) is 2.63. The lowest BCUT2D eigenvalue weighted by Gasteiger charge is -2.28. The number of hydrogen-bond donors (Lipinski definition) is 1. The molecule has 1 aliphatic carbocycles. The number of rotatable bonds is 2. The second-order valence-corrected chi connectivity index (χ2v) is 6.76. The molecule has 3 atom stereocenters. The Kier molecular flexibility index (Phi) is 3.51. The number of aryl methyl sites for hydroxylation is 2. The molecule has 2 aromatic rings. The van der Waals surface area contributed by atoms with E-state index in [1.54, 1.807) is 15.9 Å². The number of nitrogens with zero attached hydrogens (tertiary/aromatic N) is 4. The van der Waals surface area contributed by atoms with Crippen LogP contribution < -0.4 is 5.32 Å². The molecule has 0 spiro atoms. The quantitative estimate of drug-likeness (QED) is 0.921. The monoisotopic (exact) mass is 329 g/mol. The van der Waals surface area contributed by atoms with Gasteiger partial charge in [0.15, 0.2) is 5.82 Å². The zero-order valence-electron chi connectivity index (χ0n) is 13.7. The number of alkyl halides is 1. The van der Waals surface area contributed by atoms with E-state index in [9.17, 15) is 9.18 Å². The predicted octanol–water partition coefficient (Wildman–Crippen LogP) is 2.75. The lowest BCUT2D eigenvalue weighted by Crippen LogP contribution is -2.43. The number of benzene rings is 1. The third kappa shape index (κ3) is 2.53. The topological polar surface area (TPSA) is 63.1 Å². The summed E-state index contributed by atoms with van der Waals surface area (Å²) in [7, 11) is 1.82. The van der Waals surface area contributed by atoms with Gasteiger partial charge in [-0.05, 0) is 37.5 Å². The molecule has 2 fully saturated rings. The van der Waals surface area contributed by atoms with E-state index in [1.165, 1.54) is 0 Å². The van der Waals surface area contributed by atoms with Crippen molar-refractivity contribution in [3.63, 3.8) is 0 Å². The number of hydrogen-bond acceptors (Lipinski definition) is 3. The van der Waals surface area contributed by atoms with Gasteiger partial charge in [0.25, 0.3) is 0 Å². The number of anilines is 1. The molecule has 126 valence electrons. The molecule has 1 saturated carbocycles. The molecule has 3 unspecified atom stereocenters. The van der Waals surface area contributed by atoms with E-state index in [1.807, 2.05) is 32.2 Å². The van der Waals surface area contributed by atoms with Crippen LogP contribution in [-0.2, 0) is 7.05 Å². The molecule has 2 aliphatic rings. The number of carbonyl (C=O) groups excluding carboxylic acids is 1. The van der Waals surface area contributed by atoms with Crippen molar-refractivity contribution < 1.29 is 9.18 Å². The summed E-state index contributed by atoms with van der Waals surface area (Å²) < 4.78 is 15.2. The SMILES string of the molecule is Cc1ccc(NC(=O)N2CC3CC2CC3F)cc1-c1ncn(C)n1. The number of halogens is 1. The minimum Gasteiger partial charge on any atom is -0.321 e. The fourth-order valence-corrected chi connectivity index (χ4v) is 3.74. The fraction of sp³-hybridized carbons (Fsp3) is 0.471. The van der Waals surface area contributed by atoms with Gasteiger partial charge >= 0.3 is 6.03 Å². The molecule has 2 heterocycles. The first kappa shape index (κ1) is 15.1. The average Bonchev–Trinajstić information content (AvgIpc) is 3.24. The first-order valence-corrected chi connectivity index (χ1v) is 8.19. The van der Waals surface area contributed by atoms with Crippen LogP contribution in [0.3, 0.4) is 0 Å². The first-order valence-electron chi connectivity index (χ1n) is 8.19. The molecule has 4 rings (SSSR count). The number of carbonyl (C=O) groups is 1. The zero-order chi connectivity index (χ0) is 16.8. The molecule has 1 N–H and O–H groups in total. The van der Waals surface area contributed by atoms with E-state index in [-0.39, 0.29) is 18.0 Å². The van der Waals surface area contributed by atoms with E-state index in [0.717, 1.165) is 17.5 Å². The van der Waals surface area contributed by atoms with Crippen LogP contribution in [0.25, 0.3) is 11.4 Å². The number of urea groups is 1. The average molecular weight is 329 g/mol. The Morgan fingerprint density at radius 2 is 2.21 bits per heavy atom. The lowest BCUT2D eigenvalue weighted by atomic mass is 10.1. The van der Waals surface area contributed by atoms with Crippen molar-refractivity contribution in [1.29, 1.82) is 0 Å². The summed E-state index contributed by atoms with van der Waals surface area (Å²) in [6, 6.07) is 5.57. The van der Waals surface area contributed by atoms with Gasteiger partial charge in [0.05, 0.1) is 0 Å². The molecule has 1 saturated heterocycles. The van der Waals surface area contributed by atoms with E-state index < -0.39 is 6.17 Å². The van der Waals surface area contributed by atoms with E-state index in [2.05, 4.69) is 15.4 Å². The highest BCUT2D eigenvalue weighted by Crippen LogP contribution is 2.39. The van der Waals surface area contributed by atoms with Gasteiger partial charge in [-0.25, -0.2) is 14.2 Å². The summed E-state index contributed by atoms with van der Waals surface area (Å²) in [6.07, 6.45) is 2.15. The van der Waals surface area contributed by atoms with Crippen LogP contribution in [0.5, 0.6) is 0 Å². The summed E-state index contributed by atoms with van der Waals surface area (Å²) in [5, 5.41) is 7.25. The van der Waals surface area contributed by atoms with Gasteiger partial charge in [0.1, 0.15) is 12.5 Å². The minimum atomic E-state index is -0.750. The van der Waals surface area contributed by atoms with Gasteiger partial charge < -0.3 is 10.2 Å². The lowest BCUT2D eigenvalue weighted by molar-refractivity contribution is 0.156. The smallest absolute Gasteiger partial charge is 0.321 e. The van der Waals surface area contributed by atoms with Crippen molar-refractivity contribution in [2.45, 2.75) is 32.0 Å². The minimum absolute atomic E-state index is 0.00653. The van der Waals surface area contributed by atoms with E-state index >= 15 is 0 Å². The van der Waals surface area contributed by atoms with Crippen molar-refractivity contribution in [3.05, 3.63) is 30.1 Å². The molecule has 7 heteroatoms. The molecule has 24 heavy (non-hydrogen) atoms. The highest BCUT2D eigenvalue weighted by atomic mass is 19.1. The van der Waals surface area contributed by atoms with Crippen molar-refractivity contribution in [1.82, 2.24) is 19.7 Å². The Morgan fingerprint density at radius 1 is 1.38 bits per heavy atom. The fourth-order valence-electron chi connectivity index (χ4n) is 3.74. The molecule has 6 nitrogen and oxygen atoms in total. The standard InChI is InChI=1S/C17H20FN5O/c1-10-3-4-12(6-14(10)16-19-9-22(2)21-16)20-17(24)23-8-11-5-13(23)7-15(11)18/h3-4,6,9,11,13,15H,5,7-8H2,1-2H3,(H,20,24). The second kappa shape index (κ2) is 5.58. The predicted molar refractivity (Wildman–Crippen MR) is 88.3 cm³/mol. The molecule has 1 aliphatic heterocycles. The van der Waals surface area contributed by atoms with Gasteiger partial charge in [-0.3, -0.25) is 4.68 Å². The third-order valence-electron chi connectivity index (χ3n) is 5.05. The third-order valence-corrected chi connectivity index (χ3v) is 5.05. The number of fused-ring (bicyclic) bond motifs is 2. The maximum Gasteiger partial charge on any atom is 0.322 e. The molecular formula is C17H20FN5O. The van der Waals surface area contributed by atoms with Crippen LogP contribution in [0, 0.1) is 12.8 Å². The van der Waals surface area contributed by atoms with E-state index in [0.29, 0.717) is 24.5 Å². The van der Waals surface area contributed by atoms with Crippen LogP contribution in [0.4, 0.5) is 14.9 Å². The zero-order valence-corrected chi connectivity index (χ0v) is 13.7. The van der Waals surface area contributed by atoms with Gasteiger partial charge in [0.2, 0.25) is 0 Å². The highest BCUT2D eigenvalue weighted by molar-refractivity contribution is 5.90. The number of likely N-dealkylation sites (tertiary alicyclic amines) is 1. The van der Waals surface area contributed by atoms with Gasteiger partial charge in [-0.1, -0.05) is 6.07 Å². The van der Waals surface area contributed by atoms with E-state index in [4.69, 9.17) is 0 Å². The number of nitrogens with one attached hydrogen (secondary N) is 1. The maximum atomic E-state index is 13.6. The molecular weight excluding hydrogens is 309 g/mol. The highest BCUT2D eigenvalue weighted by Gasteiger charge is 2.46. The Balaban J connectivity index is 1.52. The summed E-state index contributed by atoms with van der Waals surface area (Å²) in [4.78, 5) is 18.5. The Morgan fingerprint density at radius 3 is 2.83 bits per heavy atom. The summed E-state index contributed by atoms with van der Waals surface area (Å²) in [5.74, 6) is 0.638. The number of amides is 2. The van der Waals surface area contributed by atoms with Crippen LogP contribution in [0.2, 0.25) is 0 Å². The Labute approximate surface area is 139 Å². The normalized spacial score (nSPS) is 25.3. The molecule has 1 aromatic carbocycles. The molecule has 2 bridgehead atoms. The van der Waals surface area contributed by atoms with Crippen molar-refractivity contribution in [2.75, 3.05) is 11.9 Å². The van der Waals surface area contributed by atoms with Gasteiger partial charge in [0, 0.05) is 36.8 Å².